The van der Waals surface area contributed by atoms with Crippen LogP contribution in [0, 0.1) is 5.82 Å². The monoisotopic (exact) mass is 363 g/mol. The number of ether oxygens (including phenoxy) is 1. The van der Waals surface area contributed by atoms with Crippen molar-refractivity contribution in [2.45, 2.75) is 25.8 Å². The molecule has 0 aliphatic carbocycles. The minimum atomic E-state index is -0.968. The molecular formula is C19H19ClFNO3. The van der Waals surface area contributed by atoms with Crippen LogP contribution in [0.1, 0.15) is 41.7 Å². The SMILES string of the molecule is CCC[C@H](NC(=O)COC(=O)c1c(F)cccc1Cl)c1ccccc1. The molecule has 6 heteroatoms. The van der Waals surface area contributed by atoms with Gasteiger partial charge in [-0.25, -0.2) is 9.18 Å². The van der Waals surface area contributed by atoms with Crippen molar-refractivity contribution in [1.29, 1.82) is 0 Å². The van der Waals surface area contributed by atoms with Gasteiger partial charge >= 0.3 is 5.97 Å². The summed E-state index contributed by atoms with van der Waals surface area (Å²) in [7, 11) is 0. The quantitative estimate of drug-likeness (QED) is 0.746. The lowest BCUT2D eigenvalue weighted by atomic mass is 10.0. The molecule has 1 amide bonds. The molecular weight excluding hydrogens is 345 g/mol. The maximum Gasteiger partial charge on any atom is 0.343 e. The van der Waals surface area contributed by atoms with Gasteiger partial charge in [0.25, 0.3) is 5.91 Å². The van der Waals surface area contributed by atoms with Crippen LogP contribution >= 0.6 is 11.6 Å². The zero-order valence-corrected chi connectivity index (χ0v) is 14.6. The second-order valence-electron chi connectivity index (χ2n) is 5.49. The van der Waals surface area contributed by atoms with E-state index in [2.05, 4.69) is 5.32 Å². The molecule has 2 aromatic carbocycles. The minimum absolute atomic E-state index is 0.0569. The Morgan fingerprint density at radius 2 is 1.88 bits per heavy atom. The maximum absolute atomic E-state index is 13.7. The van der Waals surface area contributed by atoms with E-state index in [1.807, 2.05) is 37.3 Å². The smallest absolute Gasteiger partial charge is 0.343 e. The molecule has 1 N–H and O–H groups in total. The molecule has 0 aliphatic rings. The number of amides is 1. The summed E-state index contributed by atoms with van der Waals surface area (Å²) in [5, 5.41) is 2.77. The normalized spacial score (nSPS) is 11.6. The van der Waals surface area contributed by atoms with Crippen molar-refractivity contribution in [1.82, 2.24) is 5.32 Å². The highest BCUT2D eigenvalue weighted by atomic mass is 35.5. The van der Waals surface area contributed by atoms with Crippen LogP contribution in [0.5, 0.6) is 0 Å². The molecule has 0 spiro atoms. The van der Waals surface area contributed by atoms with Crippen LogP contribution in [-0.2, 0) is 9.53 Å². The number of benzene rings is 2. The highest BCUT2D eigenvalue weighted by Gasteiger charge is 2.19. The molecule has 0 aromatic heterocycles. The van der Waals surface area contributed by atoms with Gasteiger partial charge in [0.2, 0.25) is 0 Å². The van der Waals surface area contributed by atoms with Crippen molar-refractivity contribution in [3.63, 3.8) is 0 Å². The standard InChI is InChI=1S/C19H19ClFNO3/c1-2-7-16(13-8-4-3-5-9-13)22-17(23)12-25-19(24)18-14(20)10-6-11-15(18)21/h3-6,8-11,16H,2,7,12H2,1H3,(H,22,23)/t16-/m0/s1. The van der Waals surface area contributed by atoms with E-state index in [0.29, 0.717) is 0 Å². The molecule has 0 unspecified atom stereocenters. The largest absolute Gasteiger partial charge is 0.452 e. The van der Waals surface area contributed by atoms with Crippen LogP contribution in [0.2, 0.25) is 5.02 Å². The molecule has 0 heterocycles. The van der Waals surface area contributed by atoms with Crippen molar-refractivity contribution in [3.8, 4) is 0 Å². The zero-order valence-electron chi connectivity index (χ0n) is 13.8. The number of carbonyl (C=O) groups is 2. The van der Waals surface area contributed by atoms with Gasteiger partial charge in [-0.05, 0) is 24.1 Å². The first-order chi connectivity index (χ1) is 12.0. The zero-order chi connectivity index (χ0) is 18.2. The maximum atomic E-state index is 13.7. The predicted molar refractivity (Wildman–Crippen MR) is 93.9 cm³/mol. The fraction of sp³-hybridized carbons (Fsp3) is 0.263. The Morgan fingerprint density at radius 1 is 1.16 bits per heavy atom. The number of nitrogens with one attached hydrogen (secondary N) is 1. The number of hydrogen-bond acceptors (Lipinski definition) is 3. The molecule has 0 fully saturated rings. The van der Waals surface area contributed by atoms with Crippen molar-refractivity contribution >= 4 is 23.5 Å². The fourth-order valence-electron chi connectivity index (χ4n) is 2.43. The van der Waals surface area contributed by atoms with Crippen molar-refractivity contribution in [3.05, 3.63) is 70.5 Å². The van der Waals surface area contributed by atoms with Gasteiger partial charge in [0.1, 0.15) is 11.4 Å². The summed E-state index contributed by atoms with van der Waals surface area (Å²) < 4.78 is 18.6. The number of hydrogen-bond donors (Lipinski definition) is 1. The third kappa shape index (κ3) is 5.29. The van der Waals surface area contributed by atoms with Crippen LogP contribution in [-0.4, -0.2) is 18.5 Å². The van der Waals surface area contributed by atoms with E-state index in [4.69, 9.17) is 16.3 Å². The van der Waals surface area contributed by atoms with Crippen LogP contribution in [0.25, 0.3) is 0 Å². The lowest BCUT2D eigenvalue weighted by Gasteiger charge is -2.18. The van der Waals surface area contributed by atoms with Crippen molar-refractivity contribution < 1.29 is 18.7 Å². The van der Waals surface area contributed by atoms with Crippen LogP contribution in [0.4, 0.5) is 4.39 Å². The Balaban J connectivity index is 1.96. The Labute approximate surface area is 150 Å². The summed E-state index contributed by atoms with van der Waals surface area (Å²) in [4.78, 5) is 24.0. The van der Waals surface area contributed by atoms with Crippen LogP contribution in [0.3, 0.4) is 0 Å². The Hall–Kier alpha value is -2.40. The lowest BCUT2D eigenvalue weighted by molar-refractivity contribution is -0.125. The molecule has 1 atom stereocenters. The summed E-state index contributed by atoms with van der Waals surface area (Å²) in [6.07, 6.45) is 1.63. The summed E-state index contributed by atoms with van der Waals surface area (Å²) in [6, 6.07) is 13.2. The lowest BCUT2D eigenvalue weighted by Crippen LogP contribution is -2.32. The summed E-state index contributed by atoms with van der Waals surface area (Å²) in [5.41, 5.74) is 0.603. The van der Waals surface area contributed by atoms with Gasteiger partial charge in [-0.15, -0.1) is 0 Å². The summed E-state index contributed by atoms with van der Waals surface area (Å²) in [6.45, 7) is 1.51. The molecule has 0 saturated carbocycles. The first-order valence-electron chi connectivity index (χ1n) is 7.98. The number of carbonyl (C=O) groups excluding carboxylic acids is 2. The molecule has 0 bridgehead atoms. The third-order valence-electron chi connectivity index (χ3n) is 3.62. The molecule has 25 heavy (non-hydrogen) atoms. The van der Waals surface area contributed by atoms with E-state index in [1.54, 1.807) is 0 Å². The van der Waals surface area contributed by atoms with Crippen molar-refractivity contribution in [2.75, 3.05) is 6.61 Å². The van der Waals surface area contributed by atoms with E-state index >= 15 is 0 Å². The summed E-state index contributed by atoms with van der Waals surface area (Å²) in [5.74, 6) is -2.21. The highest BCUT2D eigenvalue weighted by Crippen LogP contribution is 2.20. The van der Waals surface area contributed by atoms with Gasteiger partial charge in [0.05, 0.1) is 11.1 Å². The van der Waals surface area contributed by atoms with Crippen LogP contribution < -0.4 is 5.32 Å². The fourth-order valence-corrected chi connectivity index (χ4v) is 2.67. The Morgan fingerprint density at radius 3 is 2.52 bits per heavy atom. The molecule has 132 valence electrons. The average Bonchev–Trinajstić information content (AvgIpc) is 2.60. The van der Waals surface area contributed by atoms with Gasteiger partial charge in [0, 0.05) is 0 Å². The van der Waals surface area contributed by atoms with E-state index in [1.165, 1.54) is 12.1 Å². The van der Waals surface area contributed by atoms with E-state index in [0.717, 1.165) is 24.5 Å². The average molecular weight is 364 g/mol. The molecule has 0 saturated heterocycles. The van der Waals surface area contributed by atoms with Gasteiger partial charge in [-0.1, -0.05) is 61.3 Å². The molecule has 2 aromatic rings. The second-order valence-corrected chi connectivity index (χ2v) is 5.90. The van der Waals surface area contributed by atoms with E-state index in [9.17, 15) is 14.0 Å². The third-order valence-corrected chi connectivity index (χ3v) is 3.93. The first kappa shape index (κ1) is 18.9. The number of rotatable bonds is 7. The van der Waals surface area contributed by atoms with E-state index < -0.39 is 24.3 Å². The van der Waals surface area contributed by atoms with Gasteiger partial charge in [-0.3, -0.25) is 4.79 Å². The van der Waals surface area contributed by atoms with Gasteiger partial charge in [-0.2, -0.15) is 0 Å². The molecule has 0 aliphatic heterocycles. The minimum Gasteiger partial charge on any atom is -0.452 e. The Bertz CT molecular complexity index is 716. The topological polar surface area (TPSA) is 55.4 Å². The Kier molecular flexibility index (Phi) is 6.95. The molecule has 2 rings (SSSR count). The molecule has 0 radical (unpaired) electrons. The number of esters is 1. The number of halogens is 2. The first-order valence-corrected chi connectivity index (χ1v) is 8.36. The molecule has 4 nitrogen and oxygen atoms in total. The second kappa shape index (κ2) is 9.18. The van der Waals surface area contributed by atoms with Crippen LogP contribution in [0.15, 0.2) is 48.5 Å². The van der Waals surface area contributed by atoms with Crippen molar-refractivity contribution in [2.24, 2.45) is 0 Å². The highest BCUT2D eigenvalue weighted by molar-refractivity contribution is 6.33. The van der Waals surface area contributed by atoms with Gasteiger partial charge < -0.3 is 10.1 Å². The summed E-state index contributed by atoms with van der Waals surface area (Å²) >= 11 is 5.80. The van der Waals surface area contributed by atoms with Gasteiger partial charge in [0.15, 0.2) is 6.61 Å². The predicted octanol–water partition coefficient (Wildman–Crippen LogP) is 4.29. The van der Waals surface area contributed by atoms with E-state index in [-0.39, 0.29) is 16.6 Å².